The molecule has 130 valence electrons. The summed E-state index contributed by atoms with van der Waals surface area (Å²) in [5.41, 5.74) is 6.90. The number of aliphatic hydroxyl groups is 1. The minimum atomic E-state index is -0.532. The molecule has 1 amide bonds. The lowest BCUT2D eigenvalue weighted by molar-refractivity contribution is -0.135. The second kappa shape index (κ2) is 8.68. The zero-order valence-electron chi connectivity index (χ0n) is 12.9. The lowest BCUT2D eigenvalue weighted by Gasteiger charge is -2.37. The highest BCUT2D eigenvalue weighted by atomic mass is 35.5. The van der Waals surface area contributed by atoms with Crippen LogP contribution in [-0.4, -0.2) is 59.2 Å². The largest absolute Gasteiger partial charge is 0.391 e. The number of nitrogens with two attached hydrogens (primary N) is 1. The molecule has 1 aliphatic heterocycles. The summed E-state index contributed by atoms with van der Waals surface area (Å²) in [4.78, 5) is 20.7. The molecule has 2 heterocycles. The first kappa shape index (κ1) is 20.0. The van der Waals surface area contributed by atoms with Crippen LogP contribution >= 0.6 is 24.8 Å². The van der Waals surface area contributed by atoms with Gasteiger partial charge in [0.15, 0.2) is 0 Å². The second-order valence-corrected chi connectivity index (χ2v) is 5.92. The number of aliphatic hydroxyl groups excluding tert-OH is 1. The number of piperazine rings is 1. The summed E-state index contributed by atoms with van der Waals surface area (Å²) < 4.78 is 0. The number of amides is 1. The molecule has 1 saturated heterocycles. The summed E-state index contributed by atoms with van der Waals surface area (Å²) >= 11 is 0. The molecule has 2 fully saturated rings. The minimum Gasteiger partial charge on any atom is -0.391 e. The van der Waals surface area contributed by atoms with Crippen molar-refractivity contribution in [1.82, 2.24) is 9.88 Å². The zero-order valence-corrected chi connectivity index (χ0v) is 14.5. The Kier molecular flexibility index (Phi) is 7.54. The van der Waals surface area contributed by atoms with Gasteiger partial charge in [0, 0.05) is 44.3 Å². The fourth-order valence-corrected chi connectivity index (χ4v) is 3.23. The van der Waals surface area contributed by atoms with Crippen LogP contribution < -0.4 is 10.6 Å². The van der Waals surface area contributed by atoms with E-state index in [-0.39, 0.29) is 42.7 Å². The molecule has 0 bridgehead atoms. The Balaban J connectivity index is 0.00000132. The van der Waals surface area contributed by atoms with Gasteiger partial charge in [0.05, 0.1) is 18.0 Å². The van der Waals surface area contributed by atoms with Crippen LogP contribution in [0.1, 0.15) is 12.8 Å². The van der Waals surface area contributed by atoms with Gasteiger partial charge in [-0.2, -0.15) is 0 Å². The van der Waals surface area contributed by atoms with E-state index in [0.29, 0.717) is 12.8 Å². The number of carbonyl (C=O) groups excluding carboxylic acids is 1. The van der Waals surface area contributed by atoms with Crippen LogP contribution in [0.3, 0.4) is 0 Å². The van der Waals surface area contributed by atoms with Crippen LogP contribution in [0.4, 0.5) is 5.69 Å². The Morgan fingerprint density at radius 2 is 1.91 bits per heavy atom. The number of hydrogen-bond acceptors (Lipinski definition) is 5. The average Bonchev–Trinajstić information content (AvgIpc) is 2.87. The predicted molar refractivity (Wildman–Crippen MR) is 94.2 cm³/mol. The summed E-state index contributed by atoms with van der Waals surface area (Å²) in [6, 6.07) is 3.71. The van der Waals surface area contributed by atoms with E-state index >= 15 is 0 Å². The molecule has 8 heteroatoms. The third kappa shape index (κ3) is 4.47. The van der Waals surface area contributed by atoms with Gasteiger partial charge < -0.3 is 20.6 Å². The van der Waals surface area contributed by atoms with Gasteiger partial charge >= 0.3 is 0 Å². The highest BCUT2D eigenvalue weighted by Crippen LogP contribution is 2.27. The molecule has 2 aliphatic rings. The van der Waals surface area contributed by atoms with Crippen molar-refractivity contribution in [2.45, 2.75) is 25.0 Å². The third-order valence-electron chi connectivity index (χ3n) is 4.53. The molecule has 3 N–H and O–H groups in total. The van der Waals surface area contributed by atoms with E-state index in [1.807, 2.05) is 23.2 Å². The van der Waals surface area contributed by atoms with E-state index in [9.17, 15) is 9.90 Å². The van der Waals surface area contributed by atoms with Gasteiger partial charge in [-0.3, -0.25) is 9.78 Å². The van der Waals surface area contributed by atoms with Crippen LogP contribution in [0.25, 0.3) is 0 Å². The highest BCUT2D eigenvalue weighted by molar-refractivity contribution is 5.85. The quantitative estimate of drug-likeness (QED) is 0.807. The molecule has 6 nitrogen and oxygen atoms in total. The van der Waals surface area contributed by atoms with Gasteiger partial charge in [0.25, 0.3) is 0 Å². The molecule has 23 heavy (non-hydrogen) atoms. The molecule has 1 saturated carbocycles. The topological polar surface area (TPSA) is 82.7 Å². The molecule has 0 unspecified atom stereocenters. The Hall–Kier alpha value is -1.08. The Labute approximate surface area is 148 Å². The molecule has 1 aromatic heterocycles. The fourth-order valence-electron chi connectivity index (χ4n) is 3.23. The van der Waals surface area contributed by atoms with Crippen LogP contribution in [0.15, 0.2) is 24.5 Å². The molecule has 3 atom stereocenters. The minimum absolute atomic E-state index is 0. The van der Waals surface area contributed by atoms with Gasteiger partial charge in [0.2, 0.25) is 5.91 Å². The van der Waals surface area contributed by atoms with E-state index in [4.69, 9.17) is 5.73 Å². The number of carbonyl (C=O) groups is 1. The van der Waals surface area contributed by atoms with Crippen molar-refractivity contribution in [3.63, 3.8) is 0 Å². The third-order valence-corrected chi connectivity index (χ3v) is 4.53. The second-order valence-electron chi connectivity index (χ2n) is 5.92. The van der Waals surface area contributed by atoms with Crippen molar-refractivity contribution in [1.29, 1.82) is 0 Å². The number of nitrogens with zero attached hydrogens (tertiary/aromatic N) is 3. The van der Waals surface area contributed by atoms with Crippen molar-refractivity contribution >= 4 is 36.4 Å². The summed E-state index contributed by atoms with van der Waals surface area (Å²) in [6.45, 7) is 3.07. The fraction of sp³-hybridized carbons (Fsp3) is 0.600. The number of hydrogen-bond donors (Lipinski definition) is 2. The van der Waals surface area contributed by atoms with Gasteiger partial charge in [-0.05, 0) is 25.0 Å². The van der Waals surface area contributed by atoms with E-state index in [0.717, 1.165) is 31.9 Å². The maximum Gasteiger partial charge on any atom is 0.225 e. The Morgan fingerprint density at radius 3 is 2.43 bits per heavy atom. The summed E-state index contributed by atoms with van der Waals surface area (Å²) in [5, 5.41) is 9.70. The molecule has 0 radical (unpaired) electrons. The molecule has 1 aliphatic carbocycles. The maximum absolute atomic E-state index is 12.5. The number of pyridine rings is 1. The first-order valence-corrected chi connectivity index (χ1v) is 7.52. The summed E-state index contributed by atoms with van der Waals surface area (Å²) in [7, 11) is 0. The number of rotatable bonds is 2. The predicted octanol–water partition coefficient (Wildman–Crippen LogP) is 0.672. The Bertz CT molecular complexity index is 488. The van der Waals surface area contributed by atoms with Gasteiger partial charge in [-0.15, -0.1) is 24.8 Å². The SMILES string of the molecule is Cl.Cl.N[C@H]1C[C@H](C(=O)N2CCN(c3cccnc3)CC2)C[C@@H]1O. The lowest BCUT2D eigenvalue weighted by Crippen LogP contribution is -2.50. The average molecular weight is 363 g/mol. The lowest BCUT2D eigenvalue weighted by atomic mass is 10.1. The zero-order chi connectivity index (χ0) is 14.8. The first-order chi connectivity index (χ1) is 10.1. The standard InChI is InChI=1S/C15H22N4O2.2ClH/c16-13-8-11(9-14(13)20)15(21)19-6-4-18(5-7-19)12-2-1-3-17-10-12;;/h1-3,10-11,13-14,20H,4-9,16H2;2*1H/t11-,13-,14-;;/m0../s1. The molecular formula is C15H24Cl2N4O2. The van der Waals surface area contributed by atoms with E-state index in [1.165, 1.54) is 0 Å². The Morgan fingerprint density at radius 1 is 1.22 bits per heavy atom. The highest BCUT2D eigenvalue weighted by Gasteiger charge is 2.37. The number of aromatic nitrogens is 1. The van der Waals surface area contributed by atoms with Crippen molar-refractivity contribution in [2.24, 2.45) is 11.7 Å². The van der Waals surface area contributed by atoms with Crippen LogP contribution in [0.2, 0.25) is 0 Å². The molecule has 1 aromatic rings. The molecule has 3 rings (SSSR count). The molecule has 0 aromatic carbocycles. The number of anilines is 1. The van der Waals surface area contributed by atoms with Gasteiger partial charge in [0.1, 0.15) is 0 Å². The molecular weight excluding hydrogens is 339 g/mol. The first-order valence-electron chi connectivity index (χ1n) is 7.52. The smallest absolute Gasteiger partial charge is 0.225 e. The van der Waals surface area contributed by atoms with Crippen LogP contribution in [0.5, 0.6) is 0 Å². The van der Waals surface area contributed by atoms with Crippen LogP contribution in [0, 0.1) is 5.92 Å². The van der Waals surface area contributed by atoms with Crippen molar-refractivity contribution in [3.05, 3.63) is 24.5 Å². The summed E-state index contributed by atoms with van der Waals surface area (Å²) in [5.74, 6) is 0.0350. The van der Waals surface area contributed by atoms with E-state index in [2.05, 4.69) is 9.88 Å². The van der Waals surface area contributed by atoms with Crippen molar-refractivity contribution < 1.29 is 9.90 Å². The van der Waals surface area contributed by atoms with E-state index < -0.39 is 6.10 Å². The van der Waals surface area contributed by atoms with Crippen LogP contribution in [-0.2, 0) is 4.79 Å². The normalized spacial score (nSPS) is 27.1. The van der Waals surface area contributed by atoms with Crippen molar-refractivity contribution in [2.75, 3.05) is 31.1 Å². The van der Waals surface area contributed by atoms with Crippen molar-refractivity contribution in [3.8, 4) is 0 Å². The van der Waals surface area contributed by atoms with Gasteiger partial charge in [-0.1, -0.05) is 0 Å². The van der Waals surface area contributed by atoms with Gasteiger partial charge in [-0.25, -0.2) is 0 Å². The molecule has 0 spiro atoms. The monoisotopic (exact) mass is 362 g/mol. The number of halogens is 2. The maximum atomic E-state index is 12.5. The summed E-state index contributed by atoms with van der Waals surface area (Å²) in [6.07, 6.45) is 4.18. The van der Waals surface area contributed by atoms with E-state index in [1.54, 1.807) is 6.20 Å².